The molecule has 2 aromatic rings. The largest absolute Gasteiger partial charge is 0.469 e. The summed E-state index contributed by atoms with van der Waals surface area (Å²) in [6.45, 7) is 6.57. The van der Waals surface area contributed by atoms with Crippen LogP contribution in [-0.2, 0) is 12.8 Å². The van der Waals surface area contributed by atoms with E-state index in [9.17, 15) is 0 Å². The van der Waals surface area contributed by atoms with Gasteiger partial charge in [0.05, 0.1) is 12.3 Å². The van der Waals surface area contributed by atoms with Crippen LogP contribution in [0.1, 0.15) is 48.9 Å². The zero-order chi connectivity index (χ0) is 13.7. The number of aromatic nitrogens is 1. The van der Waals surface area contributed by atoms with Crippen molar-refractivity contribution in [2.24, 2.45) is 0 Å². The Kier molecular flexibility index (Phi) is 5.16. The standard InChI is InChI=1S/C15H22N2OS/c1-4-14-10-16-15(19-14)12(3)17-11(2)7-8-13-6-5-9-18-13/h5-6,9-12,17H,4,7-8H2,1-3H3. The fourth-order valence-electron chi connectivity index (χ4n) is 2.08. The first-order chi connectivity index (χ1) is 9.19. The van der Waals surface area contributed by atoms with Gasteiger partial charge in [-0.25, -0.2) is 4.98 Å². The van der Waals surface area contributed by atoms with Crippen LogP contribution < -0.4 is 5.32 Å². The zero-order valence-corrected chi connectivity index (χ0v) is 12.7. The average molecular weight is 278 g/mol. The van der Waals surface area contributed by atoms with Crippen molar-refractivity contribution in [3.63, 3.8) is 0 Å². The summed E-state index contributed by atoms with van der Waals surface area (Å²) in [6, 6.07) is 4.74. The lowest BCUT2D eigenvalue weighted by Gasteiger charge is -2.17. The lowest BCUT2D eigenvalue weighted by Crippen LogP contribution is -2.29. The monoisotopic (exact) mass is 278 g/mol. The van der Waals surface area contributed by atoms with Crippen LogP contribution in [-0.4, -0.2) is 11.0 Å². The van der Waals surface area contributed by atoms with E-state index in [4.69, 9.17) is 4.42 Å². The minimum atomic E-state index is 0.317. The van der Waals surface area contributed by atoms with Gasteiger partial charge in [-0.2, -0.15) is 0 Å². The minimum Gasteiger partial charge on any atom is -0.469 e. The Morgan fingerprint density at radius 1 is 1.42 bits per heavy atom. The van der Waals surface area contributed by atoms with Crippen LogP contribution in [0.2, 0.25) is 0 Å². The van der Waals surface area contributed by atoms with Crippen LogP contribution in [0.4, 0.5) is 0 Å². The smallest absolute Gasteiger partial charge is 0.109 e. The molecule has 2 heterocycles. The maximum Gasteiger partial charge on any atom is 0.109 e. The molecule has 0 spiro atoms. The molecular formula is C15H22N2OS. The SMILES string of the molecule is CCc1cnc(C(C)NC(C)CCc2ccco2)s1. The molecule has 4 heteroatoms. The van der Waals surface area contributed by atoms with Gasteiger partial charge in [-0.3, -0.25) is 0 Å². The molecule has 1 N–H and O–H groups in total. The molecule has 0 aliphatic rings. The van der Waals surface area contributed by atoms with E-state index >= 15 is 0 Å². The van der Waals surface area contributed by atoms with E-state index in [-0.39, 0.29) is 0 Å². The Morgan fingerprint density at radius 3 is 2.89 bits per heavy atom. The zero-order valence-electron chi connectivity index (χ0n) is 11.8. The number of hydrogen-bond acceptors (Lipinski definition) is 4. The number of nitrogens with one attached hydrogen (secondary N) is 1. The quantitative estimate of drug-likeness (QED) is 0.832. The van der Waals surface area contributed by atoms with Crippen LogP contribution in [0.25, 0.3) is 0 Å². The summed E-state index contributed by atoms with van der Waals surface area (Å²) < 4.78 is 5.35. The Balaban J connectivity index is 1.79. The molecule has 0 saturated carbocycles. The molecule has 0 aromatic carbocycles. The molecular weight excluding hydrogens is 256 g/mol. The summed E-state index contributed by atoms with van der Waals surface area (Å²) in [5, 5.41) is 4.78. The van der Waals surface area contributed by atoms with Crippen molar-refractivity contribution < 1.29 is 4.42 Å². The second-order valence-electron chi connectivity index (χ2n) is 4.93. The van der Waals surface area contributed by atoms with Crippen molar-refractivity contribution in [1.29, 1.82) is 0 Å². The van der Waals surface area contributed by atoms with Crippen molar-refractivity contribution in [3.8, 4) is 0 Å². The van der Waals surface area contributed by atoms with E-state index in [1.54, 1.807) is 17.6 Å². The summed E-state index contributed by atoms with van der Waals surface area (Å²) in [6.07, 6.45) is 6.85. The molecule has 0 fully saturated rings. The van der Waals surface area contributed by atoms with E-state index in [0.717, 1.165) is 25.0 Å². The normalized spacial score (nSPS) is 14.5. The molecule has 0 radical (unpaired) electrons. The molecule has 0 aliphatic heterocycles. The summed E-state index contributed by atoms with van der Waals surface area (Å²) in [5.74, 6) is 1.06. The maximum atomic E-state index is 5.35. The van der Waals surface area contributed by atoms with Crippen LogP contribution in [0.5, 0.6) is 0 Å². The summed E-state index contributed by atoms with van der Waals surface area (Å²) >= 11 is 1.81. The number of rotatable bonds is 7. The van der Waals surface area contributed by atoms with Crippen molar-refractivity contribution in [2.75, 3.05) is 0 Å². The molecule has 2 unspecified atom stereocenters. The third-order valence-electron chi connectivity index (χ3n) is 3.23. The van der Waals surface area contributed by atoms with Gasteiger partial charge < -0.3 is 9.73 Å². The molecule has 3 nitrogen and oxygen atoms in total. The van der Waals surface area contributed by atoms with Crippen LogP contribution >= 0.6 is 11.3 Å². The van der Waals surface area contributed by atoms with E-state index in [0.29, 0.717) is 12.1 Å². The second-order valence-corrected chi connectivity index (χ2v) is 6.07. The maximum absolute atomic E-state index is 5.35. The lowest BCUT2D eigenvalue weighted by molar-refractivity contribution is 0.430. The van der Waals surface area contributed by atoms with Gasteiger partial charge in [0, 0.05) is 23.5 Å². The molecule has 19 heavy (non-hydrogen) atoms. The van der Waals surface area contributed by atoms with Gasteiger partial charge in [0.1, 0.15) is 10.8 Å². The number of furan rings is 1. The Bertz CT molecular complexity index is 478. The third kappa shape index (κ3) is 4.18. The molecule has 2 atom stereocenters. The van der Waals surface area contributed by atoms with Gasteiger partial charge in [-0.1, -0.05) is 6.92 Å². The highest BCUT2D eigenvalue weighted by Crippen LogP contribution is 2.21. The summed E-state index contributed by atoms with van der Waals surface area (Å²) in [7, 11) is 0. The first kappa shape index (κ1) is 14.3. The Labute approximate surface area is 119 Å². The Morgan fingerprint density at radius 2 is 2.26 bits per heavy atom. The fourth-order valence-corrected chi connectivity index (χ4v) is 2.95. The average Bonchev–Trinajstić information content (AvgIpc) is 3.07. The van der Waals surface area contributed by atoms with Crippen LogP contribution in [0.15, 0.2) is 29.0 Å². The molecule has 0 bridgehead atoms. The van der Waals surface area contributed by atoms with Crippen LogP contribution in [0.3, 0.4) is 0 Å². The molecule has 2 aromatic heterocycles. The fraction of sp³-hybridized carbons (Fsp3) is 0.533. The Hall–Kier alpha value is -1.13. The van der Waals surface area contributed by atoms with Crippen molar-refractivity contribution in [1.82, 2.24) is 10.3 Å². The lowest BCUT2D eigenvalue weighted by atomic mass is 10.1. The first-order valence-electron chi connectivity index (χ1n) is 6.92. The summed E-state index contributed by atoms with van der Waals surface area (Å²) in [5.41, 5.74) is 0. The predicted octanol–water partition coefficient (Wildman–Crippen LogP) is 3.97. The summed E-state index contributed by atoms with van der Waals surface area (Å²) in [4.78, 5) is 5.84. The van der Waals surface area contributed by atoms with E-state index in [2.05, 4.69) is 31.1 Å². The number of thiazole rings is 1. The van der Waals surface area contributed by atoms with E-state index in [1.165, 1.54) is 9.88 Å². The van der Waals surface area contributed by atoms with E-state index < -0.39 is 0 Å². The minimum absolute atomic E-state index is 0.317. The van der Waals surface area contributed by atoms with Gasteiger partial charge in [0.25, 0.3) is 0 Å². The van der Waals surface area contributed by atoms with Gasteiger partial charge >= 0.3 is 0 Å². The van der Waals surface area contributed by atoms with Gasteiger partial charge in [0.15, 0.2) is 0 Å². The molecule has 0 amide bonds. The molecule has 2 rings (SSSR count). The van der Waals surface area contributed by atoms with Gasteiger partial charge in [0.2, 0.25) is 0 Å². The second kappa shape index (κ2) is 6.87. The number of nitrogens with zero attached hydrogens (tertiary/aromatic N) is 1. The highest BCUT2D eigenvalue weighted by atomic mass is 32.1. The van der Waals surface area contributed by atoms with Gasteiger partial charge in [-0.05, 0) is 38.8 Å². The van der Waals surface area contributed by atoms with Crippen LogP contribution in [0, 0.1) is 0 Å². The van der Waals surface area contributed by atoms with Crippen molar-refractivity contribution in [2.45, 2.75) is 52.1 Å². The molecule has 104 valence electrons. The van der Waals surface area contributed by atoms with Gasteiger partial charge in [-0.15, -0.1) is 11.3 Å². The van der Waals surface area contributed by atoms with E-state index in [1.807, 2.05) is 18.3 Å². The predicted molar refractivity (Wildman–Crippen MR) is 79.5 cm³/mol. The number of hydrogen-bond donors (Lipinski definition) is 1. The molecule has 0 aliphatic carbocycles. The highest BCUT2D eigenvalue weighted by molar-refractivity contribution is 7.11. The molecule has 0 saturated heterocycles. The topological polar surface area (TPSA) is 38.1 Å². The first-order valence-corrected chi connectivity index (χ1v) is 7.73. The number of aryl methyl sites for hydroxylation is 2. The highest BCUT2D eigenvalue weighted by Gasteiger charge is 2.13. The van der Waals surface area contributed by atoms with Crippen molar-refractivity contribution in [3.05, 3.63) is 40.2 Å². The van der Waals surface area contributed by atoms with Crippen molar-refractivity contribution >= 4 is 11.3 Å². The third-order valence-corrected chi connectivity index (χ3v) is 4.55.